The van der Waals surface area contributed by atoms with E-state index in [1.807, 2.05) is 30.3 Å². The molecule has 20 heavy (non-hydrogen) atoms. The van der Waals surface area contributed by atoms with Gasteiger partial charge in [-0.2, -0.15) is 0 Å². The highest BCUT2D eigenvalue weighted by Crippen LogP contribution is 2.20. The van der Waals surface area contributed by atoms with Crippen molar-refractivity contribution >= 4 is 17.1 Å². The van der Waals surface area contributed by atoms with Crippen LogP contribution in [0.15, 0.2) is 42.5 Å². The van der Waals surface area contributed by atoms with Gasteiger partial charge in [-0.25, -0.2) is 5.84 Å². The van der Waals surface area contributed by atoms with Gasteiger partial charge in [-0.05, 0) is 47.9 Å². The fourth-order valence-electron chi connectivity index (χ4n) is 2.02. The molecule has 7 N–H and O–H groups in total. The van der Waals surface area contributed by atoms with Crippen molar-refractivity contribution in [2.24, 2.45) is 5.84 Å². The third kappa shape index (κ3) is 3.40. The van der Waals surface area contributed by atoms with E-state index in [0.717, 1.165) is 16.8 Å². The van der Waals surface area contributed by atoms with Crippen molar-refractivity contribution in [3.63, 3.8) is 0 Å². The number of rotatable bonds is 5. The van der Waals surface area contributed by atoms with Gasteiger partial charge in [0.15, 0.2) is 0 Å². The number of aliphatic hydroxyl groups excluding tert-OH is 1. The van der Waals surface area contributed by atoms with Crippen LogP contribution in [0.1, 0.15) is 11.1 Å². The summed E-state index contributed by atoms with van der Waals surface area (Å²) in [5.74, 6) is 6.06. The first-order valence-electron chi connectivity index (χ1n) is 6.46. The second-order valence-electron chi connectivity index (χ2n) is 4.73. The molecule has 5 heteroatoms. The first-order valence-corrected chi connectivity index (χ1v) is 6.46. The lowest BCUT2D eigenvalue weighted by atomic mass is 10.1. The molecular weight excluding hydrogens is 252 g/mol. The molecule has 0 aromatic heterocycles. The Bertz CT molecular complexity index is 569. The molecule has 0 aliphatic rings. The number of hydrogen-bond acceptors (Lipinski definition) is 5. The Hall–Kier alpha value is -2.24. The van der Waals surface area contributed by atoms with E-state index in [4.69, 9.17) is 22.4 Å². The van der Waals surface area contributed by atoms with Gasteiger partial charge in [0, 0.05) is 18.0 Å². The number of nitrogens with two attached hydrogens (primary N) is 3. The zero-order valence-corrected chi connectivity index (χ0v) is 11.3. The van der Waals surface area contributed by atoms with Crippen LogP contribution in [0.4, 0.5) is 17.1 Å². The van der Waals surface area contributed by atoms with E-state index < -0.39 is 0 Å². The third-order valence-corrected chi connectivity index (χ3v) is 3.18. The Morgan fingerprint density at radius 2 is 1.70 bits per heavy atom. The van der Waals surface area contributed by atoms with Crippen molar-refractivity contribution in [2.45, 2.75) is 13.0 Å². The third-order valence-electron chi connectivity index (χ3n) is 3.18. The van der Waals surface area contributed by atoms with Gasteiger partial charge in [-0.1, -0.05) is 12.1 Å². The highest BCUT2D eigenvalue weighted by atomic mass is 16.2. The molecule has 0 saturated carbocycles. The average Bonchev–Trinajstić information content (AvgIpc) is 2.44. The maximum Gasteiger partial charge on any atom is 0.0613 e. The summed E-state index contributed by atoms with van der Waals surface area (Å²) >= 11 is 0. The van der Waals surface area contributed by atoms with E-state index >= 15 is 0 Å². The lowest BCUT2D eigenvalue weighted by molar-refractivity contribution is 0.299. The molecule has 0 heterocycles. The quantitative estimate of drug-likeness (QED) is 0.373. The van der Waals surface area contributed by atoms with Crippen LogP contribution in [0.3, 0.4) is 0 Å². The molecule has 106 valence electrons. The van der Waals surface area contributed by atoms with Crippen molar-refractivity contribution in [3.05, 3.63) is 53.6 Å². The number of anilines is 3. The van der Waals surface area contributed by atoms with Crippen molar-refractivity contribution in [1.29, 1.82) is 0 Å². The van der Waals surface area contributed by atoms with E-state index in [9.17, 15) is 0 Å². The van der Waals surface area contributed by atoms with E-state index in [1.54, 1.807) is 17.1 Å². The van der Waals surface area contributed by atoms with E-state index in [-0.39, 0.29) is 6.61 Å². The molecule has 2 rings (SSSR count). The van der Waals surface area contributed by atoms with Crippen LogP contribution < -0.4 is 22.3 Å². The van der Waals surface area contributed by atoms with Gasteiger partial charge in [-0.3, -0.25) is 0 Å². The summed E-state index contributed by atoms with van der Waals surface area (Å²) in [6.45, 7) is 0.627. The summed E-state index contributed by atoms with van der Waals surface area (Å²) in [6.07, 6.45) is 0.646. The smallest absolute Gasteiger partial charge is 0.0613 e. The Labute approximate surface area is 118 Å². The van der Waals surface area contributed by atoms with Crippen LogP contribution >= 0.6 is 0 Å². The molecule has 0 fully saturated rings. The van der Waals surface area contributed by atoms with Crippen molar-refractivity contribution < 1.29 is 5.11 Å². The molecule has 2 aromatic rings. The molecule has 2 aromatic carbocycles. The molecule has 0 spiro atoms. The van der Waals surface area contributed by atoms with Crippen LogP contribution in [-0.4, -0.2) is 11.7 Å². The van der Waals surface area contributed by atoms with Gasteiger partial charge >= 0.3 is 0 Å². The molecule has 0 unspecified atom stereocenters. The molecule has 0 atom stereocenters. The van der Waals surface area contributed by atoms with Gasteiger partial charge < -0.3 is 21.6 Å². The normalized spacial score (nSPS) is 10.5. The molecule has 0 bridgehead atoms. The summed E-state index contributed by atoms with van der Waals surface area (Å²) in [7, 11) is 0. The van der Waals surface area contributed by atoms with Crippen LogP contribution in [-0.2, 0) is 13.0 Å². The van der Waals surface area contributed by atoms with E-state index in [0.29, 0.717) is 24.3 Å². The number of hydrogen-bond donors (Lipinski definition) is 4. The van der Waals surface area contributed by atoms with Gasteiger partial charge in [0.1, 0.15) is 0 Å². The first-order chi connectivity index (χ1) is 9.60. The largest absolute Gasteiger partial charge is 0.399 e. The summed E-state index contributed by atoms with van der Waals surface area (Å²) in [5.41, 5.74) is 15.9. The number of nitrogen functional groups attached to an aromatic ring is 2. The topological polar surface area (TPSA) is 102 Å². The van der Waals surface area contributed by atoms with Crippen molar-refractivity contribution in [2.75, 3.05) is 23.1 Å². The van der Waals surface area contributed by atoms with Crippen LogP contribution in [0.25, 0.3) is 0 Å². The molecule has 0 amide bonds. The zero-order chi connectivity index (χ0) is 14.5. The second kappa shape index (κ2) is 6.27. The summed E-state index contributed by atoms with van der Waals surface area (Å²) in [4.78, 5) is 0. The van der Waals surface area contributed by atoms with Crippen LogP contribution in [0.5, 0.6) is 0 Å². The van der Waals surface area contributed by atoms with E-state index in [2.05, 4.69) is 0 Å². The number of benzene rings is 2. The predicted molar refractivity (Wildman–Crippen MR) is 82.9 cm³/mol. The molecule has 0 radical (unpaired) electrons. The molecule has 0 aliphatic heterocycles. The van der Waals surface area contributed by atoms with E-state index in [1.165, 1.54) is 0 Å². The molecule has 0 aliphatic carbocycles. The Morgan fingerprint density at radius 3 is 2.35 bits per heavy atom. The van der Waals surface area contributed by atoms with Crippen molar-refractivity contribution in [1.82, 2.24) is 0 Å². The highest BCUT2D eigenvalue weighted by molar-refractivity contribution is 5.57. The van der Waals surface area contributed by atoms with Crippen molar-refractivity contribution in [3.8, 4) is 0 Å². The summed E-state index contributed by atoms with van der Waals surface area (Å²) in [5, 5.41) is 10.5. The number of nitrogens with zero attached hydrogens (tertiary/aromatic N) is 1. The summed E-state index contributed by atoms with van der Waals surface area (Å²) in [6, 6.07) is 13.1. The Balaban J connectivity index is 2.11. The van der Waals surface area contributed by atoms with Crippen LogP contribution in [0.2, 0.25) is 0 Å². The lowest BCUT2D eigenvalue weighted by Gasteiger charge is -2.20. The predicted octanol–water partition coefficient (Wildman–Crippen LogP) is 1.27. The standard InChI is InChI=1S/C15H20N4O/c16-13-3-6-15(17)12(9-13)10-19(18)14-4-1-11(2-5-14)7-8-20/h1-6,9,20H,7-8,10,16-18H2. The minimum absolute atomic E-state index is 0.144. The highest BCUT2D eigenvalue weighted by Gasteiger charge is 2.06. The fraction of sp³-hybridized carbons (Fsp3) is 0.200. The summed E-state index contributed by atoms with van der Waals surface area (Å²) < 4.78 is 0. The SMILES string of the molecule is Nc1ccc(N)c(CN(N)c2ccc(CCO)cc2)c1. The Morgan fingerprint density at radius 1 is 1.00 bits per heavy atom. The maximum atomic E-state index is 8.89. The van der Waals surface area contributed by atoms with Crippen LogP contribution in [0, 0.1) is 0 Å². The first kappa shape index (κ1) is 14.2. The molecule has 0 saturated heterocycles. The van der Waals surface area contributed by atoms with Gasteiger partial charge in [0.05, 0.1) is 12.2 Å². The monoisotopic (exact) mass is 272 g/mol. The average molecular weight is 272 g/mol. The number of hydrazine groups is 1. The van der Waals surface area contributed by atoms with Gasteiger partial charge in [-0.15, -0.1) is 0 Å². The number of aliphatic hydroxyl groups is 1. The zero-order valence-electron chi connectivity index (χ0n) is 11.3. The fourth-order valence-corrected chi connectivity index (χ4v) is 2.02. The molecular formula is C15H20N4O. The molecule has 5 nitrogen and oxygen atoms in total. The maximum absolute atomic E-state index is 8.89. The minimum Gasteiger partial charge on any atom is -0.399 e. The minimum atomic E-state index is 0.144. The van der Waals surface area contributed by atoms with Gasteiger partial charge in [0.2, 0.25) is 0 Å². The second-order valence-corrected chi connectivity index (χ2v) is 4.73. The lowest BCUT2D eigenvalue weighted by Crippen LogP contribution is -2.30. The Kier molecular flexibility index (Phi) is 4.45. The van der Waals surface area contributed by atoms with Gasteiger partial charge in [0.25, 0.3) is 0 Å².